The minimum Gasteiger partial charge on any atom is -0.497 e. The number of carbonyl (C=O) groups is 1. The first-order valence-corrected chi connectivity index (χ1v) is 13.3. The molecule has 7 nitrogen and oxygen atoms in total. The lowest BCUT2D eigenvalue weighted by Crippen LogP contribution is -2.32. The van der Waals surface area contributed by atoms with E-state index in [1.807, 2.05) is 12.1 Å². The van der Waals surface area contributed by atoms with Crippen molar-refractivity contribution in [2.45, 2.75) is 24.7 Å². The van der Waals surface area contributed by atoms with Gasteiger partial charge in [-0.2, -0.15) is 13.2 Å². The largest absolute Gasteiger partial charge is 0.497 e. The molecule has 3 N–H and O–H groups in total. The normalized spacial score (nSPS) is 13.1. The number of thiophene rings is 1. The number of aliphatic carboxylic acids is 1. The number of ether oxygens (including phenoxy) is 2. The Morgan fingerprint density at radius 3 is 2.37 bits per heavy atom. The number of methoxy groups -OCH3 is 1. The maximum Gasteiger partial charge on any atom is 0.429 e. The molecule has 11 heteroatoms. The van der Waals surface area contributed by atoms with E-state index in [0.717, 1.165) is 22.3 Å². The Hall–Kier alpha value is -4.48. The number of nitrogens with two attached hydrogens (primary N) is 1. The summed E-state index contributed by atoms with van der Waals surface area (Å²) >= 11 is 1.18. The van der Waals surface area contributed by atoms with Gasteiger partial charge in [0.2, 0.25) is 12.0 Å². The third-order valence-electron chi connectivity index (χ3n) is 6.50. The molecular weight excluding hydrogens is 555 g/mol. The number of carboxylic acid groups (broad SMARTS) is 1. The van der Waals surface area contributed by atoms with Gasteiger partial charge >= 0.3 is 12.1 Å². The molecule has 0 bridgehead atoms. The summed E-state index contributed by atoms with van der Waals surface area (Å²) in [6.07, 6.45) is -5.61. The van der Waals surface area contributed by atoms with Crippen molar-refractivity contribution in [2.24, 2.45) is 5.73 Å². The molecule has 2 aromatic heterocycles. The Labute approximate surface area is 237 Å². The van der Waals surface area contributed by atoms with E-state index in [1.54, 1.807) is 61.0 Å². The highest BCUT2D eigenvalue weighted by molar-refractivity contribution is 7.18. The molecule has 0 radical (unpaired) electrons. The molecule has 0 aliphatic heterocycles. The molecule has 5 rings (SSSR count). The first-order chi connectivity index (χ1) is 19.6. The van der Waals surface area contributed by atoms with E-state index in [-0.39, 0.29) is 17.9 Å². The van der Waals surface area contributed by atoms with Crippen molar-refractivity contribution in [3.8, 4) is 33.9 Å². The van der Waals surface area contributed by atoms with Gasteiger partial charge in [-0.05, 0) is 40.8 Å². The number of hydrogen-bond acceptors (Lipinski definition) is 7. The second kappa shape index (κ2) is 11.6. The number of fused-ring (bicyclic) bond motifs is 1. The molecule has 41 heavy (non-hydrogen) atoms. The first kappa shape index (κ1) is 28.1. The van der Waals surface area contributed by atoms with E-state index in [9.17, 15) is 18.0 Å². The van der Waals surface area contributed by atoms with Crippen LogP contribution >= 0.6 is 11.3 Å². The molecule has 0 saturated carbocycles. The molecular formula is C30H24F3N3O4S. The highest BCUT2D eigenvalue weighted by atomic mass is 32.1. The molecule has 0 aliphatic carbocycles. The predicted octanol–water partition coefficient (Wildman–Crippen LogP) is 6.67. The van der Waals surface area contributed by atoms with Crippen molar-refractivity contribution < 1.29 is 32.5 Å². The summed E-state index contributed by atoms with van der Waals surface area (Å²) in [7, 11) is 1.55. The number of rotatable bonds is 9. The van der Waals surface area contributed by atoms with E-state index < -0.39 is 24.3 Å². The van der Waals surface area contributed by atoms with Crippen molar-refractivity contribution in [3.05, 3.63) is 95.6 Å². The van der Waals surface area contributed by atoms with Crippen LogP contribution in [0.1, 0.15) is 17.2 Å². The molecule has 0 aliphatic rings. The van der Waals surface area contributed by atoms with Gasteiger partial charge in [-0.1, -0.05) is 60.7 Å². The molecule has 3 aromatic carbocycles. The van der Waals surface area contributed by atoms with Gasteiger partial charge in [-0.15, -0.1) is 11.3 Å². The number of benzene rings is 3. The Kier molecular flexibility index (Phi) is 7.91. The molecule has 5 aromatic rings. The van der Waals surface area contributed by atoms with Crippen LogP contribution in [0.15, 0.2) is 84.5 Å². The molecule has 0 saturated heterocycles. The average molecular weight is 580 g/mol. The topological polar surface area (TPSA) is 108 Å². The minimum atomic E-state index is -4.71. The van der Waals surface area contributed by atoms with Crippen molar-refractivity contribution in [2.75, 3.05) is 7.11 Å². The Morgan fingerprint density at radius 2 is 1.71 bits per heavy atom. The zero-order valence-electron chi connectivity index (χ0n) is 21.6. The summed E-state index contributed by atoms with van der Waals surface area (Å²) in [5.74, 6) is -0.619. The van der Waals surface area contributed by atoms with E-state index in [0.29, 0.717) is 21.5 Å². The minimum absolute atomic E-state index is 0.0668. The van der Waals surface area contributed by atoms with Crippen LogP contribution in [0.3, 0.4) is 0 Å². The van der Waals surface area contributed by atoms with Gasteiger partial charge in [0.1, 0.15) is 22.8 Å². The van der Waals surface area contributed by atoms with Crippen LogP contribution in [0.5, 0.6) is 11.6 Å². The highest BCUT2D eigenvalue weighted by Crippen LogP contribution is 2.42. The second-order valence-electron chi connectivity index (χ2n) is 9.25. The molecule has 0 spiro atoms. The summed E-state index contributed by atoms with van der Waals surface area (Å²) in [5.41, 5.74) is 9.73. The molecule has 2 atom stereocenters. The standard InChI is InChI=1S/C30H24F3N3O4S/c1-39-22-4-2-3-21(14-22)18-9-11-20(12-10-18)27(30(31,32)33)40-28-26-25(35-16-36-28)23(15-41-26)19-7-5-17(6-8-19)13-24(34)29(37)38/h2-12,14-16,24,27H,13,34H2,1H3,(H,37,38). The monoisotopic (exact) mass is 579 g/mol. The van der Waals surface area contributed by atoms with E-state index in [1.165, 1.54) is 29.8 Å². The Morgan fingerprint density at radius 1 is 1.00 bits per heavy atom. The average Bonchev–Trinajstić information content (AvgIpc) is 3.41. The van der Waals surface area contributed by atoms with Crippen LogP contribution in [0.2, 0.25) is 0 Å². The summed E-state index contributed by atoms with van der Waals surface area (Å²) in [6.45, 7) is 0. The zero-order valence-corrected chi connectivity index (χ0v) is 22.4. The SMILES string of the molecule is COc1cccc(-c2ccc(C(Oc3ncnc4c(-c5ccc(CC(N)C(=O)O)cc5)csc34)C(F)(F)F)cc2)c1. The summed E-state index contributed by atoms with van der Waals surface area (Å²) in [4.78, 5) is 19.4. The van der Waals surface area contributed by atoms with Crippen molar-refractivity contribution in [3.63, 3.8) is 0 Å². The molecule has 2 unspecified atom stereocenters. The van der Waals surface area contributed by atoms with Crippen molar-refractivity contribution in [1.82, 2.24) is 9.97 Å². The molecule has 0 amide bonds. The number of aromatic nitrogens is 2. The lowest BCUT2D eigenvalue weighted by Gasteiger charge is -2.22. The third-order valence-corrected chi connectivity index (χ3v) is 7.46. The molecule has 2 heterocycles. The fraction of sp³-hybridized carbons (Fsp3) is 0.167. The van der Waals surface area contributed by atoms with Gasteiger partial charge in [0.25, 0.3) is 0 Å². The summed E-state index contributed by atoms with van der Waals surface area (Å²) in [6, 6.07) is 19.3. The van der Waals surface area contributed by atoms with Gasteiger partial charge in [0.15, 0.2) is 0 Å². The number of hydrogen-bond donors (Lipinski definition) is 2. The van der Waals surface area contributed by atoms with Gasteiger partial charge < -0.3 is 20.3 Å². The van der Waals surface area contributed by atoms with E-state index in [2.05, 4.69) is 9.97 Å². The smallest absolute Gasteiger partial charge is 0.429 e. The van der Waals surface area contributed by atoms with Crippen LogP contribution in [-0.4, -0.2) is 40.4 Å². The number of carboxylic acids is 1. The van der Waals surface area contributed by atoms with Crippen LogP contribution in [0, 0.1) is 0 Å². The number of halogens is 3. The summed E-state index contributed by atoms with van der Waals surface area (Å²) < 4.78 is 53.9. The predicted molar refractivity (Wildman–Crippen MR) is 150 cm³/mol. The Balaban J connectivity index is 1.42. The van der Waals surface area contributed by atoms with E-state index in [4.69, 9.17) is 20.3 Å². The van der Waals surface area contributed by atoms with Gasteiger partial charge in [-0.3, -0.25) is 4.79 Å². The lowest BCUT2D eigenvalue weighted by molar-refractivity contribution is -0.198. The van der Waals surface area contributed by atoms with Gasteiger partial charge in [0.05, 0.1) is 12.6 Å². The van der Waals surface area contributed by atoms with Crippen molar-refractivity contribution in [1.29, 1.82) is 0 Å². The van der Waals surface area contributed by atoms with Crippen LogP contribution < -0.4 is 15.2 Å². The molecule has 210 valence electrons. The summed E-state index contributed by atoms with van der Waals surface area (Å²) in [5, 5.41) is 10.8. The quantitative estimate of drug-likeness (QED) is 0.201. The fourth-order valence-corrected chi connectivity index (χ4v) is 5.33. The van der Waals surface area contributed by atoms with Crippen LogP contribution in [0.25, 0.3) is 32.5 Å². The Bertz CT molecular complexity index is 1670. The first-order valence-electron chi connectivity index (χ1n) is 12.4. The number of nitrogens with zero attached hydrogens (tertiary/aromatic N) is 2. The third kappa shape index (κ3) is 6.16. The van der Waals surface area contributed by atoms with Crippen LogP contribution in [-0.2, 0) is 11.2 Å². The number of alkyl halides is 3. The van der Waals surface area contributed by atoms with Gasteiger partial charge in [-0.25, -0.2) is 9.97 Å². The highest BCUT2D eigenvalue weighted by Gasteiger charge is 2.43. The van der Waals surface area contributed by atoms with Gasteiger partial charge in [0, 0.05) is 16.5 Å². The van der Waals surface area contributed by atoms with Crippen molar-refractivity contribution >= 4 is 27.5 Å². The molecule has 0 fully saturated rings. The fourth-order valence-electron chi connectivity index (χ4n) is 4.37. The second-order valence-corrected chi connectivity index (χ2v) is 10.1. The van der Waals surface area contributed by atoms with Crippen LogP contribution in [0.4, 0.5) is 13.2 Å². The maximum atomic E-state index is 14.2. The zero-order chi connectivity index (χ0) is 29.1. The lowest BCUT2D eigenvalue weighted by atomic mass is 10.0. The maximum absolute atomic E-state index is 14.2. The van der Waals surface area contributed by atoms with E-state index >= 15 is 0 Å².